The van der Waals surface area contributed by atoms with Crippen molar-refractivity contribution < 1.29 is 37.2 Å². The maximum Gasteiger partial charge on any atom is 0.296 e. The van der Waals surface area contributed by atoms with E-state index in [1.54, 1.807) is 24.3 Å². The highest BCUT2D eigenvalue weighted by atomic mass is 19.1. The van der Waals surface area contributed by atoms with E-state index in [1.807, 2.05) is 13.8 Å². The predicted octanol–water partition coefficient (Wildman–Crippen LogP) is 5.87. The maximum absolute atomic E-state index is 14.5. The summed E-state index contributed by atoms with van der Waals surface area (Å²) >= 11 is 0. The second-order valence-electron chi connectivity index (χ2n) is 13.5. The summed E-state index contributed by atoms with van der Waals surface area (Å²) in [6.07, 6.45) is 3.14. The van der Waals surface area contributed by atoms with Gasteiger partial charge in [0.1, 0.15) is 50.3 Å². The van der Waals surface area contributed by atoms with Crippen LogP contribution in [0.15, 0.2) is 36.4 Å². The van der Waals surface area contributed by atoms with Gasteiger partial charge in [-0.3, -0.25) is 9.80 Å². The van der Waals surface area contributed by atoms with E-state index in [1.165, 1.54) is 12.1 Å². The SMILES string of the molecule is [C-]#[N+]c1ccc(OC2CCN([C@@H](C)c3nc4c(cc3F)OCCO4)CC2)nn1.[C-]#[N+]c1ccc(OC2CCN([C@H](C)c3nc4c(cc3F)OCCO4)CC2)nn1. The molecule has 16 nitrogen and oxygen atoms in total. The minimum absolute atomic E-state index is 0.00890. The Kier molecular flexibility index (Phi) is 12.1. The zero-order valence-corrected chi connectivity index (χ0v) is 30.9. The average Bonchev–Trinajstić information content (AvgIpc) is 3.24. The fourth-order valence-electron chi connectivity index (χ4n) is 6.84. The van der Waals surface area contributed by atoms with Gasteiger partial charge in [0.2, 0.25) is 0 Å². The first kappa shape index (κ1) is 38.3. The number of likely N-dealkylation sites (tertiary alicyclic amines) is 2. The van der Waals surface area contributed by atoms with Crippen LogP contribution in [0.2, 0.25) is 0 Å². The van der Waals surface area contributed by atoms with Crippen LogP contribution < -0.4 is 28.4 Å². The third-order valence-corrected chi connectivity index (χ3v) is 9.93. The Morgan fingerprint density at radius 1 is 0.625 bits per heavy atom. The summed E-state index contributed by atoms with van der Waals surface area (Å²) < 4.78 is 62.5. The number of halogens is 2. The minimum atomic E-state index is -0.384. The standard InChI is InChI=1S/2C19H20FN5O3/c2*1-12(18-14(20)11-15-19(22-18)27-10-9-26-15)25-7-5-13(6-8-25)28-17-4-3-16(21-2)23-24-17/h2*3-4,11-13H,5-10H2,1H3/t2*12-/m10/s1. The monoisotopic (exact) mass is 770 g/mol. The van der Waals surface area contributed by atoms with Crippen LogP contribution in [0.5, 0.6) is 35.0 Å². The van der Waals surface area contributed by atoms with E-state index in [0.717, 1.165) is 51.9 Å². The maximum atomic E-state index is 14.5. The topological polar surface area (TPSA) is 148 Å². The molecule has 0 aromatic carbocycles. The fraction of sp³-hybridized carbons (Fsp3) is 0.474. The van der Waals surface area contributed by atoms with E-state index in [2.05, 4.69) is 49.9 Å². The normalized spacial score (nSPS) is 18.3. The van der Waals surface area contributed by atoms with Crippen LogP contribution in [-0.2, 0) is 0 Å². The highest BCUT2D eigenvalue weighted by molar-refractivity contribution is 5.39. The van der Waals surface area contributed by atoms with Gasteiger partial charge < -0.3 is 38.1 Å². The van der Waals surface area contributed by atoms with Crippen LogP contribution in [0, 0.1) is 24.8 Å². The highest BCUT2D eigenvalue weighted by Crippen LogP contribution is 2.36. The number of aromatic nitrogens is 6. The number of hydrogen-bond acceptors (Lipinski definition) is 14. The molecule has 4 aliphatic rings. The van der Waals surface area contributed by atoms with Gasteiger partial charge in [-0.15, -0.1) is 0 Å². The molecule has 0 unspecified atom stereocenters. The molecule has 4 aromatic rings. The smallest absolute Gasteiger partial charge is 0.296 e. The van der Waals surface area contributed by atoms with Crippen LogP contribution in [0.3, 0.4) is 0 Å². The third kappa shape index (κ3) is 9.10. The average molecular weight is 771 g/mol. The molecular weight excluding hydrogens is 730 g/mol. The summed E-state index contributed by atoms with van der Waals surface area (Å²) in [5, 5.41) is 15.4. The number of piperidine rings is 2. The molecule has 8 rings (SSSR count). The predicted molar refractivity (Wildman–Crippen MR) is 194 cm³/mol. The van der Waals surface area contributed by atoms with Gasteiger partial charge in [-0.05, 0) is 74.0 Å². The molecule has 0 saturated carbocycles. The molecule has 4 aliphatic heterocycles. The van der Waals surface area contributed by atoms with Gasteiger partial charge in [0, 0.05) is 48.5 Å². The van der Waals surface area contributed by atoms with Crippen molar-refractivity contribution >= 4 is 11.6 Å². The van der Waals surface area contributed by atoms with Crippen molar-refractivity contribution in [3.8, 4) is 35.0 Å². The zero-order chi connectivity index (χ0) is 39.0. The number of hydrogen-bond donors (Lipinski definition) is 0. The number of rotatable bonds is 8. The van der Waals surface area contributed by atoms with Gasteiger partial charge in [-0.2, -0.15) is 0 Å². The number of nitrogens with zero attached hydrogens (tertiary/aromatic N) is 10. The largest absolute Gasteiger partial charge is 0.484 e. The molecule has 18 heteroatoms. The summed E-state index contributed by atoms with van der Waals surface area (Å²) in [6, 6.07) is 8.83. The molecule has 4 aromatic heterocycles. The summed E-state index contributed by atoms with van der Waals surface area (Å²) in [4.78, 5) is 19.5. The Morgan fingerprint density at radius 2 is 1.02 bits per heavy atom. The summed E-state index contributed by atoms with van der Waals surface area (Å²) in [6.45, 7) is 22.3. The Labute approximate surface area is 322 Å². The lowest BCUT2D eigenvalue weighted by molar-refractivity contribution is 0.0734. The van der Waals surface area contributed by atoms with E-state index in [9.17, 15) is 8.78 Å². The van der Waals surface area contributed by atoms with E-state index >= 15 is 0 Å². The van der Waals surface area contributed by atoms with Gasteiger partial charge in [0.25, 0.3) is 35.2 Å². The van der Waals surface area contributed by atoms with E-state index < -0.39 is 0 Å². The Morgan fingerprint density at radius 3 is 1.38 bits per heavy atom. The van der Waals surface area contributed by atoms with Crippen molar-refractivity contribution in [1.82, 2.24) is 40.2 Å². The molecule has 0 aliphatic carbocycles. The van der Waals surface area contributed by atoms with Crippen LogP contribution in [0.4, 0.5) is 20.4 Å². The van der Waals surface area contributed by atoms with Crippen molar-refractivity contribution in [3.05, 3.63) is 82.3 Å². The first-order valence-electron chi connectivity index (χ1n) is 18.4. The number of fused-ring (bicyclic) bond motifs is 2. The molecule has 0 spiro atoms. The first-order chi connectivity index (χ1) is 27.3. The molecule has 8 heterocycles. The highest BCUT2D eigenvalue weighted by Gasteiger charge is 2.31. The van der Waals surface area contributed by atoms with Crippen molar-refractivity contribution in [3.63, 3.8) is 0 Å². The molecule has 0 amide bonds. The van der Waals surface area contributed by atoms with Crippen LogP contribution in [-0.4, -0.2) is 105 Å². The fourth-order valence-corrected chi connectivity index (χ4v) is 6.84. The Bertz CT molecular complexity index is 1900. The van der Waals surface area contributed by atoms with Gasteiger partial charge in [-0.1, -0.05) is 13.1 Å². The molecular formula is C38H40F2N10O6. The summed E-state index contributed by atoms with van der Waals surface area (Å²) in [5.74, 6) is 1.97. The van der Waals surface area contributed by atoms with E-state index in [-0.39, 0.29) is 47.6 Å². The lowest BCUT2D eigenvalue weighted by Gasteiger charge is -2.35. The third-order valence-electron chi connectivity index (χ3n) is 9.93. The Hall–Kier alpha value is -5.98. The lowest BCUT2D eigenvalue weighted by Crippen LogP contribution is -2.40. The lowest BCUT2D eigenvalue weighted by atomic mass is 10.0. The van der Waals surface area contributed by atoms with Gasteiger partial charge in [0.05, 0.1) is 23.5 Å². The number of pyridine rings is 2. The first-order valence-corrected chi connectivity index (χ1v) is 18.4. The van der Waals surface area contributed by atoms with Crippen LogP contribution in [0.1, 0.15) is 63.0 Å². The molecule has 0 N–H and O–H groups in total. The summed E-state index contributed by atoms with van der Waals surface area (Å²) in [5.41, 5.74) is 0.730. The molecule has 2 atom stereocenters. The minimum Gasteiger partial charge on any atom is -0.484 e. The van der Waals surface area contributed by atoms with Gasteiger partial charge in [-0.25, -0.2) is 18.7 Å². The molecule has 2 saturated heterocycles. The van der Waals surface area contributed by atoms with Crippen molar-refractivity contribution in [2.75, 3.05) is 52.6 Å². The second kappa shape index (κ2) is 17.7. The molecule has 0 bridgehead atoms. The van der Waals surface area contributed by atoms with E-state index in [4.69, 9.17) is 41.6 Å². The van der Waals surface area contributed by atoms with Gasteiger partial charge >= 0.3 is 0 Å². The summed E-state index contributed by atoms with van der Waals surface area (Å²) in [7, 11) is 0. The Balaban J connectivity index is 0.000000172. The molecule has 2 fully saturated rings. The van der Waals surface area contributed by atoms with Crippen molar-refractivity contribution in [2.45, 2.75) is 63.8 Å². The van der Waals surface area contributed by atoms with E-state index in [0.29, 0.717) is 72.8 Å². The number of ether oxygens (including phenoxy) is 6. The van der Waals surface area contributed by atoms with Crippen molar-refractivity contribution in [1.29, 1.82) is 0 Å². The molecule has 56 heavy (non-hydrogen) atoms. The van der Waals surface area contributed by atoms with Crippen LogP contribution >= 0.6 is 0 Å². The van der Waals surface area contributed by atoms with Crippen molar-refractivity contribution in [2.24, 2.45) is 0 Å². The zero-order valence-electron chi connectivity index (χ0n) is 30.9. The second-order valence-corrected chi connectivity index (χ2v) is 13.5. The molecule has 292 valence electrons. The molecule has 0 radical (unpaired) electrons. The van der Waals surface area contributed by atoms with Crippen LogP contribution in [0.25, 0.3) is 9.69 Å². The quantitative estimate of drug-likeness (QED) is 0.197. The van der Waals surface area contributed by atoms with Gasteiger partial charge in [0.15, 0.2) is 11.5 Å².